The summed E-state index contributed by atoms with van der Waals surface area (Å²) < 4.78 is 13.9. The number of hydrogen-bond acceptors (Lipinski definition) is 2. The lowest BCUT2D eigenvalue weighted by Gasteiger charge is -2.44. The standard InChI is InChI=1S/C16H17FN2O2/c1-2-4-15(20)18-9-14-12-5-3-6-13(17)11(12)7-8-19(14)16(21)10-18/h2-6,14H,7-10H2,1H3/b4-2+. The van der Waals surface area contributed by atoms with Gasteiger partial charge in [-0.05, 0) is 36.6 Å². The first-order valence-corrected chi connectivity index (χ1v) is 7.10. The Bertz CT molecular complexity index is 627. The maximum atomic E-state index is 13.9. The maximum absolute atomic E-state index is 13.9. The van der Waals surface area contributed by atoms with Crippen LogP contribution in [0.4, 0.5) is 4.39 Å². The molecule has 1 aromatic carbocycles. The van der Waals surface area contributed by atoms with Gasteiger partial charge in [-0.15, -0.1) is 0 Å². The highest BCUT2D eigenvalue weighted by atomic mass is 19.1. The van der Waals surface area contributed by atoms with Gasteiger partial charge in [0.25, 0.3) is 0 Å². The number of rotatable bonds is 1. The zero-order chi connectivity index (χ0) is 15.0. The quantitative estimate of drug-likeness (QED) is 0.738. The summed E-state index contributed by atoms with van der Waals surface area (Å²) in [7, 11) is 0. The molecule has 1 aromatic rings. The van der Waals surface area contributed by atoms with Crippen LogP contribution in [-0.4, -0.2) is 41.2 Å². The van der Waals surface area contributed by atoms with Crippen LogP contribution in [0.1, 0.15) is 24.1 Å². The molecule has 0 aromatic heterocycles. The van der Waals surface area contributed by atoms with Crippen molar-refractivity contribution in [3.8, 4) is 0 Å². The Kier molecular flexibility index (Phi) is 3.49. The van der Waals surface area contributed by atoms with Gasteiger partial charge in [0.05, 0.1) is 6.04 Å². The van der Waals surface area contributed by atoms with Crippen molar-refractivity contribution in [2.75, 3.05) is 19.6 Å². The van der Waals surface area contributed by atoms with Gasteiger partial charge in [0.15, 0.2) is 0 Å². The SMILES string of the molecule is C/C=C/C(=O)N1CC(=O)N2CCc3c(F)cccc3C2C1. The van der Waals surface area contributed by atoms with Gasteiger partial charge in [-0.3, -0.25) is 9.59 Å². The van der Waals surface area contributed by atoms with Crippen LogP contribution in [0.25, 0.3) is 0 Å². The zero-order valence-corrected chi connectivity index (χ0v) is 11.9. The van der Waals surface area contributed by atoms with E-state index in [1.165, 1.54) is 17.0 Å². The second-order valence-corrected chi connectivity index (χ2v) is 5.38. The van der Waals surface area contributed by atoms with E-state index >= 15 is 0 Å². The van der Waals surface area contributed by atoms with E-state index < -0.39 is 0 Å². The molecule has 2 aliphatic rings. The normalized spacial score (nSPS) is 21.4. The molecule has 0 bridgehead atoms. The molecule has 5 heteroatoms. The first-order valence-electron chi connectivity index (χ1n) is 7.10. The van der Waals surface area contributed by atoms with Crippen LogP contribution in [0.3, 0.4) is 0 Å². The third-order valence-corrected chi connectivity index (χ3v) is 4.15. The van der Waals surface area contributed by atoms with E-state index in [1.807, 2.05) is 6.07 Å². The zero-order valence-electron chi connectivity index (χ0n) is 11.9. The fourth-order valence-corrected chi connectivity index (χ4v) is 3.15. The van der Waals surface area contributed by atoms with E-state index in [0.717, 1.165) is 5.56 Å². The van der Waals surface area contributed by atoms with Crippen molar-refractivity contribution >= 4 is 11.8 Å². The van der Waals surface area contributed by atoms with Gasteiger partial charge in [-0.1, -0.05) is 18.2 Å². The number of amides is 2. The van der Waals surface area contributed by atoms with E-state index in [0.29, 0.717) is 25.1 Å². The molecule has 0 saturated carbocycles. The summed E-state index contributed by atoms with van der Waals surface area (Å²) in [4.78, 5) is 27.5. The van der Waals surface area contributed by atoms with Gasteiger partial charge in [-0.2, -0.15) is 0 Å². The molecule has 0 spiro atoms. The predicted molar refractivity (Wildman–Crippen MR) is 76.0 cm³/mol. The fraction of sp³-hybridized carbons (Fsp3) is 0.375. The van der Waals surface area contributed by atoms with Gasteiger partial charge in [0.2, 0.25) is 11.8 Å². The molecule has 0 N–H and O–H groups in total. The minimum Gasteiger partial charge on any atom is -0.332 e. The Labute approximate surface area is 122 Å². The van der Waals surface area contributed by atoms with Gasteiger partial charge in [0, 0.05) is 13.1 Å². The van der Waals surface area contributed by atoms with E-state index in [4.69, 9.17) is 0 Å². The smallest absolute Gasteiger partial charge is 0.246 e. The van der Waals surface area contributed by atoms with Gasteiger partial charge < -0.3 is 9.80 Å². The van der Waals surface area contributed by atoms with Crippen LogP contribution in [-0.2, 0) is 16.0 Å². The molecule has 2 amide bonds. The molecular formula is C16H17FN2O2. The van der Waals surface area contributed by atoms with Crippen molar-refractivity contribution in [1.82, 2.24) is 9.80 Å². The minimum absolute atomic E-state index is 0.0704. The number of nitrogens with zero attached hydrogens (tertiary/aromatic N) is 2. The molecule has 1 saturated heterocycles. The average Bonchev–Trinajstić information content (AvgIpc) is 2.47. The van der Waals surface area contributed by atoms with Crippen molar-refractivity contribution in [3.63, 3.8) is 0 Å². The third kappa shape index (κ3) is 2.33. The summed E-state index contributed by atoms with van der Waals surface area (Å²) in [6, 6.07) is 4.73. The molecular weight excluding hydrogens is 271 g/mol. The van der Waals surface area contributed by atoms with Gasteiger partial charge in [0.1, 0.15) is 12.4 Å². The van der Waals surface area contributed by atoms with Crippen LogP contribution in [0, 0.1) is 5.82 Å². The highest BCUT2D eigenvalue weighted by Gasteiger charge is 2.38. The number of piperazine rings is 1. The molecule has 2 heterocycles. The number of fused-ring (bicyclic) bond motifs is 3. The van der Waals surface area contributed by atoms with Crippen LogP contribution < -0.4 is 0 Å². The lowest BCUT2D eigenvalue weighted by Crippen LogP contribution is -2.55. The fourth-order valence-electron chi connectivity index (χ4n) is 3.15. The molecule has 2 aliphatic heterocycles. The summed E-state index contributed by atoms with van der Waals surface area (Å²) in [5.41, 5.74) is 1.50. The first kappa shape index (κ1) is 13.8. The molecule has 110 valence electrons. The Morgan fingerprint density at radius 3 is 3.00 bits per heavy atom. The summed E-state index contributed by atoms with van der Waals surface area (Å²) in [6.45, 7) is 2.81. The Morgan fingerprint density at radius 2 is 2.24 bits per heavy atom. The molecule has 21 heavy (non-hydrogen) atoms. The van der Waals surface area contributed by atoms with E-state index in [9.17, 15) is 14.0 Å². The Balaban J connectivity index is 1.95. The van der Waals surface area contributed by atoms with Crippen molar-refractivity contribution in [3.05, 3.63) is 47.3 Å². The lowest BCUT2D eigenvalue weighted by atomic mass is 9.90. The van der Waals surface area contributed by atoms with E-state index in [2.05, 4.69) is 0 Å². The molecule has 0 radical (unpaired) electrons. The first-order chi connectivity index (χ1) is 10.1. The molecule has 1 unspecified atom stereocenters. The Hall–Kier alpha value is -2.17. The minimum atomic E-state index is -0.236. The van der Waals surface area contributed by atoms with Gasteiger partial charge >= 0.3 is 0 Å². The lowest BCUT2D eigenvalue weighted by molar-refractivity contribution is -0.147. The second-order valence-electron chi connectivity index (χ2n) is 5.38. The number of allylic oxidation sites excluding steroid dienone is 1. The van der Waals surface area contributed by atoms with Crippen molar-refractivity contribution in [2.24, 2.45) is 0 Å². The highest BCUT2D eigenvalue weighted by Crippen LogP contribution is 2.34. The molecule has 4 nitrogen and oxygen atoms in total. The summed E-state index contributed by atoms with van der Waals surface area (Å²) in [6.07, 6.45) is 3.65. The van der Waals surface area contributed by atoms with E-state index in [1.54, 1.807) is 24.0 Å². The van der Waals surface area contributed by atoms with E-state index in [-0.39, 0.29) is 30.2 Å². The monoisotopic (exact) mass is 288 g/mol. The summed E-state index contributed by atoms with van der Waals surface area (Å²) in [5, 5.41) is 0. The van der Waals surface area contributed by atoms with Crippen molar-refractivity contribution in [1.29, 1.82) is 0 Å². The number of benzene rings is 1. The maximum Gasteiger partial charge on any atom is 0.246 e. The van der Waals surface area contributed by atoms with Gasteiger partial charge in [-0.25, -0.2) is 4.39 Å². The molecule has 3 rings (SSSR count). The summed E-state index contributed by atoms with van der Waals surface area (Å²) in [5.74, 6) is -0.468. The number of halogens is 1. The number of carbonyl (C=O) groups is 2. The molecule has 1 fully saturated rings. The third-order valence-electron chi connectivity index (χ3n) is 4.15. The highest BCUT2D eigenvalue weighted by molar-refractivity contribution is 5.92. The van der Waals surface area contributed by atoms with Crippen LogP contribution in [0.15, 0.2) is 30.4 Å². The molecule has 1 atom stereocenters. The number of hydrogen-bond donors (Lipinski definition) is 0. The topological polar surface area (TPSA) is 40.6 Å². The van der Waals surface area contributed by atoms with Crippen molar-refractivity contribution < 1.29 is 14.0 Å². The Morgan fingerprint density at radius 1 is 1.43 bits per heavy atom. The van der Waals surface area contributed by atoms with Crippen molar-refractivity contribution in [2.45, 2.75) is 19.4 Å². The summed E-state index contributed by atoms with van der Waals surface area (Å²) >= 11 is 0. The second kappa shape index (κ2) is 5.31. The van der Waals surface area contributed by atoms with Crippen LogP contribution in [0.5, 0.6) is 0 Å². The average molecular weight is 288 g/mol. The predicted octanol–water partition coefficient (Wildman–Crippen LogP) is 1.67. The van der Waals surface area contributed by atoms with Crippen LogP contribution in [0.2, 0.25) is 0 Å². The van der Waals surface area contributed by atoms with Crippen LogP contribution >= 0.6 is 0 Å². The number of carbonyl (C=O) groups excluding carboxylic acids is 2. The molecule has 0 aliphatic carbocycles. The largest absolute Gasteiger partial charge is 0.332 e.